The Balaban J connectivity index is 2.05. The molecule has 1 heterocycles. The standard InChI is InChI=1S/C18H28N4O2/c1-14(2)19-18(24)13-22(15(3)23)17-7-5-16(6-8-17)21-11-9-20(4)10-12-21/h5-8,14H,9-13H2,1-4H3,(H,19,24). The number of likely N-dealkylation sites (N-methyl/N-ethyl adjacent to an activating group) is 1. The van der Waals surface area contributed by atoms with Gasteiger partial charge in [0.25, 0.3) is 0 Å². The van der Waals surface area contributed by atoms with E-state index in [-0.39, 0.29) is 24.4 Å². The molecule has 0 aliphatic carbocycles. The molecule has 6 heteroatoms. The summed E-state index contributed by atoms with van der Waals surface area (Å²) in [6.45, 7) is 9.44. The Hall–Kier alpha value is -2.08. The normalized spacial score (nSPS) is 15.5. The lowest BCUT2D eigenvalue weighted by atomic mass is 10.2. The molecule has 0 radical (unpaired) electrons. The first kappa shape index (κ1) is 18.3. The minimum Gasteiger partial charge on any atom is -0.369 e. The number of nitrogens with zero attached hydrogens (tertiary/aromatic N) is 3. The molecule has 0 atom stereocenters. The van der Waals surface area contributed by atoms with Crippen molar-refractivity contribution >= 4 is 23.2 Å². The van der Waals surface area contributed by atoms with Crippen LogP contribution in [-0.2, 0) is 9.59 Å². The molecule has 1 N–H and O–H groups in total. The van der Waals surface area contributed by atoms with Gasteiger partial charge in [0.15, 0.2) is 0 Å². The third kappa shape index (κ3) is 4.96. The van der Waals surface area contributed by atoms with Gasteiger partial charge in [-0.05, 0) is 45.2 Å². The fourth-order valence-corrected chi connectivity index (χ4v) is 2.80. The van der Waals surface area contributed by atoms with Crippen molar-refractivity contribution in [2.75, 3.05) is 49.6 Å². The van der Waals surface area contributed by atoms with Crippen LogP contribution < -0.4 is 15.1 Å². The van der Waals surface area contributed by atoms with Crippen LogP contribution in [0.3, 0.4) is 0 Å². The second kappa shape index (κ2) is 8.15. The molecule has 1 aliphatic heterocycles. The zero-order chi connectivity index (χ0) is 17.7. The Morgan fingerprint density at radius 2 is 1.71 bits per heavy atom. The number of carbonyl (C=O) groups is 2. The van der Waals surface area contributed by atoms with Gasteiger partial charge in [-0.3, -0.25) is 9.59 Å². The van der Waals surface area contributed by atoms with Gasteiger partial charge in [0.05, 0.1) is 0 Å². The van der Waals surface area contributed by atoms with E-state index < -0.39 is 0 Å². The maximum Gasteiger partial charge on any atom is 0.240 e. The lowest BCUT2D eigenvalue weighted by molar-refractivity contribution is -0.123. The van der Waals surface area contributed by atoms with E-state index in [4.69, 9.17) is 0 Å². The Morgan fingerprint density at radius 3 is 2.21 bits per heavy atom. The molecular weight excluding hydrogens is 304 g/mol. The lowest BCUT2D eigenvalue weighted by Gasteiger charge is -2.34. The number of rotatable bonds is 5. The Bertz CT molecular complexity index is 563. The van der Waals surface area contributed by atoms with Crippen LogP contribution in [0.4, 0.5) is 11.4 Å². The Kier molecular flexibility index (Phi) is 6.20. The van der Waals surface area contributed by atoms with Crippen LogP contribution in [0.5, 0.6) is 0 Å². The first-order valence-corrected chi connectivity index (χ1v) is 8.48. The number of nitrogens with one attached hydrogen (secondary N) is 1. The summed E-state index contributed by atoms with van der Waals surface area (Å²) >= 11 is 0. The van der Waals surface area contributed by atoms with Crippen LogP contribution in [0.1, 0.15) is 20.8 Å². The van der Waals surface area contributed by atoms with Crippen molar-refractivity contribution in [1.29, 1.82) is 0 Å². The number of hydrogen-bond donors (Lipinski definition) is 1. The number of amides is 2. The third-order valence-corrected chi connectivity index (χ3v) is 4.16. The highest BCUT2D eigenvalue weighted by atomic mass is 16.2. The van der Waals surface area contributed by atoms with E-state index in [0.717, 1.165) is 37.6 Å². The first-order chi connectivity index (χ1) is 11.4. The van der Waals surface area contributed by atoms with Crippen LogP contribution in [0.25, 0.3) is 0 Å². The van der Waals surface area contributed by atoms with E-state index in [1.165, 1.54) is 11.8 Å². The number of benzene rings is 1. The average Bonchev–Trinajstić information content (AvgIpc) is 2.53. The highest BCUT2D eigenvalue weighted by Gasteiger charge is 2.18. The fourth-order valence-electron chi connectivity index (χ4n) is 2.80. The summed E-state index contributed by atoms with van der Waals surface area (Å²) in [7, 11) is 2.13. The minimum atomic E-state index is -0.150. The van der Waals surface area contributed by atoms with Gasteiger partial charge in [0.1, 0.15) is 6.54 Å². The fraction of sp³-hybridized carbons (Fsp3) is 0.556. The number of hydrogen-bond acceptors (Lipinski definition) is 4. The smallest absolute Gasteiger partial charge is 0.240 e. The minimum absolute atomic E-state index is 0.0430. The van der Waals surface area contributed by atoms with E-state index in [0.29, 0.717) is 0 Å². The van der Waals surface area contributed by atoms with E-state index in [2.05, 4.69) is 22.2 Å². The van der Waals surface area contributed by atoms with Crippen LogP contribution >= 0.6 is 0 Å². The van der Waals surface area contributed by atoms with Gasteiger partial charge in [0.2, 0.25) is 11.8 Å². The summed E-state index contributed by atoms with van der Waals surface area (Å²) in [5, 5.41) is 2.82. The Labute approximate surface area is 144 Å². The monoisotopic (exact) mass is 332 g/mol. The van der Waals surface area contributed by atoms with Crippen LogP contribution in [0.2, 0.25) is 0 Å². The molecular formula is C18H28N4O2. The van der Waals surface area contributed by atoms with Crippen LogP contribution in [0, 0.1) is 0 Å². The summed E-state index contributed by atoms with van der Waals surface area (Å²) in [5.41, 5.74) is 1.90. The predicted molar refractivity (Wildman–Crippen MR) is 97.5 cm³/mol. The molecule has 0 saturated carbocycles. The van der Waals surface area contributed by atoms with Gasteiger partial charge in [-0.1, -0.05) is 0 Å². The van der Waals surface area contributed by atoms with Crippen molar-refractivity contribution < 1.29 is 9.59 Å². The number of carbonyl (C=O) groups excluding carboxylic acids is 2. The lowest BCUT2D eigenvalue weighted by Crippen LogP contribution is -2.44. The maximum absolute atomic E-state index is 12.0. The van der Waals surface area contributed by atoms with Crippen molar-refractivity contribution in [1.82, 2.24) is 10.2 Å². The van der Waals surface area contributed by atoms with Crippen molar-refractivity contribution in [3.8, 4) is 0 Å². The molecule has 24 heavy (non-hydrogen) atoms. The second-order valence-electron chi connectivity index (χ2n) is 6.63. The van der Waals surface area contributed by atoms with Crippen molar-refractivity contribution in [2.45, 2.75) is 26.8 Å². The van der Waals surface area contributed by atoms with Crippen molar-refractivity contribution in [3.05, 3.63) is 24.3 Å². The van der Waals surface area contributed by atoms with Gasteiger partial charge < -0.3 is 20.0 Å². The summed E-state index contributed by atoms with van der Waals surface area (Å²) < 4.78 is 0. The highest BCUT2D eigenvalue weighted by molar-refractivity contribution is 5.97. The quantitative estimate of drug-likeness (QED) is 0.883. The zero-order valence-corrected chi connectivity index (χ0v) is 15.1. The first-order valence-electron chi connectivity index (χ1n) is 8.48. The van der Waals surface area contributed by atoms with E-state index in [9.17, 15) is 9.59 Å². The summed E-state index contributed by atoms with van der Waals surface area (Å²) in [4.78, 5) is 30.0. The van der Waals surface area contributed by atoms with Gasteiger partial charge in [-0.2, -0.15) is 0 Å². The maximum atomic E-state index is 12.0. The molecule has 1 aromatic rings. The summed E-state index contributed by atoms with van der Waals surface area (Å²) in [6.07, 6.45) is 0. The molecule has 1 saturated heterocycles. The van der Waals surface area contributed by atoms with Gasteiger partial charge in [-0.15, -0.1) is 0 Å². The van der Waals surface area contributed by atoms with Crippen LogP contribution in [0.15, 0.2) is 24.3 Å². The number of anilines is 2. The molecule has 6 nitrogen and oxygen atoms in total. The van der Waals surface area contributed by atoms with Crippen molar-refractivity contribution in [3.63, 3.8) is 0 Å². The van der Waals surface area contributed by atoms with E-state index >= 15 is 0 Å². The van der Waals surface area contributed by atoms with Gasteiger partial charge >= 0.3 is 0 Å². The van der Waals surface area contributed by atoms with E-state index in [1.54, 1.807) is 0 Å². The van der Waals surface area contributed by atoms with Crippen molar-refractivity contribution in [2.24, 2.45) is 0 Å². The zero-order valence-electron chi connectivity index (χ0n) is 15.1. The molecule has 1 aromatic carbocycles. The molecule has 1 aliphatic rings. The van der Waals surface area contributed by atoms with Crippen LogP contribution in [-0.4, -0.2) is 62.5 Å². The summed E-state index contributed by atoms with van der Waals surface area (Å²) in [6, 6.07) is 7.94. The molecule has 132 valence electrons. The molecule has 2 amide bonds. The SMILES string of the molecule is CC(=O)N(CC(=O)NC(C)C)c1ccc(N2CCN(C)CC2)cc1. The molecule has 0 spiro atoms. The van der Waals surface area contributed by atoms with Gasteiger partial charge in [-0.25, -0.2) is 0 Å². The molecule has 2 rings (SSSR count). The molecule has 0 unspecified atom stereocenters. The number of piperazine rings is 1. The van der Waals surface area contributed by atoms with Gasteiger partial charge in [0, 0.05) is 50.5 Å². The molecule has 1 fully saturated rings. The van der Waals surface area contributed by atoms with E-state index in [1.807, 2.05) is 38.1 Å². The largest absolute Gasteiger partial charge is 0.369 e. The molecule has 0 aromatic heterocycles. The average molecular weight is 332 g/mol. The topological polar surface area (TPSA) is 55.9 Å². The summed E-state index contributed by atoms with van der Waals surface area (Å²) in [5.74, 6) is -0.287. The third-order valence-electron chi connectivity index (χ3n) is 4.16. The predicted octanol–water partition coefficient (Wildman–Crippen LogP) is 1.32. The highest BCUT2D eigenvalue weighted by Crippen LogP contribution is 2.22. The molecule has 0 bridgehead atoms. The Morgan fingerprint density at radius 1 is 1.12 bits per heavy atom. The second-order valence-corrected chi connectivity index (χ2v) is 6.63.